The van der Waals surface area contributed by atoms with E-state index in [0.29, 0.717) is 5.56 Å². The summed E-state index contributed by atoms with van der Waals surface area (Å²) in [5.41, 5.74) is 3.28. The van der Waals surface area contributed by atoms with Crippen molar-refractivity contribution in [3.63, 3.8) is 0 Å². The fraction of sp³-hybridized carbons (Fsp3) is 0.0714. The van der Waals surface area contributed by atoms with E-state index in [2.05, 4.69) is 16.0 Å². The highest BCUT2D eigenvalue weighted by Crippen LogP contribution is 2.22. The van der Waals surface area contributed by atoms with Crippen molar-refractivity contribution < 1.29 is 0 Å². The summed E-state index contributed by atoms with van der Waals surface area (Å²) in [6, 6.07) is 13.3. The van der Waals surface area contributed by atoms with Gasteiger partial charge in [0.1, 0.15) is 5.69 Å². The lowest BCUT2D eigenvalue weighted by Crippen LogP contribution is -1.94. The van der Waals surface area contributed by atoms with Crippen LogP contribution in [0.5, 0.6) is 0 Å². The summed E-state index contributed by atoms with van der Waals surface area (Å²) in [6.45, 7) is 0. The van der Waals surface area contributed by atoms with E-state index in [-0.39, 0.29) is 0 Å². The molecule has 0 saturated heterocycles. The van der Waals surface area contributed by atoms with Crippen molar-refractivity contribution in [3.05, 3.63) is 48.2 Å². The average Bonchev–Trinajstić information content (AvgIpc) is 2.77. The van der Waals surface area contributed by atoms with Crippen LogP contribution in [0, 0.1) is 11.3 Å². The Labute approximate surface area is 104 Å². The lowest BCUT2D eigenvalue weighted by atomic mass is 10.2. The Kier molecular flexibility index (Phi) is 2.31. The second-order valence-electron chi connectivity index (χ2n) is 4.02. The number of aromatic nitrogens is 3. The molecule has 2 aromatic heterocycles. The Morgan fingerprint density at radius 3 is 2.83 bits per heavy atom. The highest BCUT2D eigenvalue weighted by molar-refractivity contribution is 5.81. The highest BCUT2D eigenvalue weighted by Gasteiger charge is 2.10. The molecule has 0 amide bonds. The maximum atomic E-state index is 8.92. The van der Waals surface area contributed by atoms with Crippen molar-refractivity contribution in [2.45, 2.75) is 0 Å². The first-order chi connectivity index (χ1) is 8.79. The average molecular weight is 234 g/mol. The fourth-order valence-corrected chi connectivity index (χ4v) is 1.98. The Bertz CT molecular complexity index is 751. The number of benzene rings is 1. The number of nitrogens with zero attached hydrogens (tertiary/aromatic N) is 4. The molecule has 0 aliphatic carbocycles. The van der Waals surface area contributed by atoms with Crippen LogP contribution in [0.1, 0.15) is 5.56 Å². The number of fused-ring (bicyclic) bond motifs is 1. The van der Waals surface area contributed by atoms with Crippen molar-refractivity contribution in [2.24, 2.45) is 7.05 Å². The molecular formula is C14H10N4. The van der Waals surface area contributed by atoms with Gasteiger partial charge in [-0.25, -0.2) is 4.98 Å². The molecule has 0 atom stereocenters. The van der Waals surface area contributed by atoms with Gasteiger partial charge in [-0.3, -0.25) is 4.98 Å². The van der Waals surface area contributed by atoms with Crippen molar-refractivity contribution in [2.75, 3.05) is 0 Å². The molecule has 2 heterocycles. The topological polar surface area (TPSA) is 54.5 Å². The van der Waals surface area contributed by atoms with Gasteiger partial charge in [0.05, 0.1) is 22.7 Å². The zero-order valence-corrected chi connectivity index (χ0v) is 9.83. The summed E-state index contributed by atoms with van der Waals surface area (Å²) < 4.78 is 1.96. The zero-order chi connectivity index (χ0) is 12.5. The number of hydrogen-bond acceptors (Lipinski definition) is 3. The summed E-state index contributed by atoms with van der Waals surface area (Å²) in [4.78, 5) is 8.85. The minimum atomic E-state index is 0.637. The number of rotatable bonds is 1. The number of pyridine rings is 1. The normalized spacial score (nSPS) is 10.4. The molecule has 86 valence electrons. The first kappa shape index (κ1) is 10.5. The van der Waals surface area contributed by atoms with Gasteiger partial charge >= 0.3 is 0 Å². The van der Waals surface area contributed by atoms with Gasteiger partial charge in [-0.15, -0.1) is 0 Å². The largest absolute Gasteiger partial charge is 0.326 e. The van der Waals surface area contributed by atoms with Crippen LogP contribution in [0.3, 0.4) is 0 Å². The second-order valence-corrected chi connectivity index (χ2v) is 4.02. The number of nitriles is 1. The van der Waals surface area contributed by atoms with E-state index in [1.165, 1.54) is 0 Å². The SMILES string of the molecule is Cn1c(-c2ccccn2)nc2ccc(C#N)cc21. The monoisotopic (exact) mass is 234 g/mol. The molecule has 3 rings (SSSR count). The van der Waals surface area contributed by atoms with E-state index < -0.39 is 0 Å². The molecular weight excluding hydrogens is 224 g/mol. The summed E-state index contributed by atoms with van der Waals surface area (Å²) in [6.07, 6.45) is 1.75. The number of hydrogen-bond donors (Lipinski definition) is 0. The Hall–Kier alpha value is -2.67. The molecule has 0 unspecified atom stereocenters. The van der Waals surface area contributed by atoms with Gasteiger partial charge in [0, 0.05) is 13.2 Å². The van der Waals surface area contributed by atoms with Gasteiger partial charge in [-0.1, -0.05) is 6.07 Å². The van der Waals surface area contributed by atoms with Crippen molar-refractivity contribution in [1.29, 1.82) is 5.26 Å². The third-order valence-electron chi connectivity index (χ3n) is 2.90. The van der Waals surface area contributed by atoms with Crippen LogP contribution in [-0.2, 0) is 7.05 Å². The molecule has 0 aliphatic rings. The van der Waals surface area contributed by atoms with Gasteiger partial charge in [0.15, 0.2) is 5.82 Å². The van der Waals surface area contributed by atoms with Gasteiger partial charge in [0.2, 0.25) is 0 Å². The molecule has 0 saturated carbocycles. The maximum Gasteiger partial charge on any atom is 0.159 e. The smallest absolute Gasteiger partial charge is 0.159 e. The predicted octanol–water partition coefficient (Wildman–Crippen LogP) is 2.51. The quantitative estimate of drug-likeness (QED) is 0.650. The van der Waals surface area contributed by atoms with Gasteiger partial charge in [0.25, 0.3) is 0 Å². The minimum Gasteiger partial charge on any atom is -0.326 e. The molecule has 0 fully saturated rings. The Balaban J connectivity index is 2.27. The van der Waals surface area contributed by atoms with Crippen molar-refractivity contribution in [1.82, 2.24) is 14.5 Å². The first-order valence-electron chi connectivity index (χ1n) is 5.57. The third kappa shape index (κ3) is 1.54. The van der Waals surface area contributed by atoms with E-state index >= 15 is 0 Å². The van der Waals surface area contributed by atoms with Crippen LogP contribution in [0.2, 0.25) is 0 Å². The van der Waals surface area contributed by atoms with Gasteiger partial charge in [-0.2, -0.15) is 5.26 Å². The van der Waals surface area contributed by atoms with Crippen molar-refractivity contribution >= 4 is 11.0 Å². The van der Waals surface area contributed by atoms with Crippen molar-refractivity contribution in [3.8, 4) is 17.6 Å². The molecule has 4 heteroatoms. The molecule has 0 bridgehead atoms. The first-order valence-corrected chi connectivity index (χ1v) is 5.57. The van der Waals surface area contributed by atoms with Gasteiger partial charge < -0.3 is 4.57 Å². The van der Waals surface area contributed by atoms with E-state index in [1.807, 2.05) is 41.9 Å². The van der Waals surface area contributed by atoms with E-state index in [9.17, 15) is 0 Å². The third-order valence-corrected chi connectivity index (χ3v) is 2.90. The molecule has 0 spiro atoms. The molecule has 0 N–H and O–H groups in total. The molecule has 0 aliphatic heterocycles. The fourth-order valence-electron chi connectivity index (χ4n) is 1.98. The second kappa shape index (κ2) is 3.97. The standard InChI is InChI=1S/C14H10N4/c1-18-13-8-10(9-15)5-6-11(13)17-14(18)12-4-2-3-7-16-12/h2-8H,1H3. The Morgan fingerprint density at radius 2 is 2.11 bits per heavy atom. The maximum absolute atomic E-state index is 8.92. The predicted molar refractivity (Wildman–Crippen MR) is 68.7 cm³/mol. The summed E-state index contributed by atoms with van der Waals surface area (Å²) >= 11 is 0. The molecule has 3 aromatic rings. The zero-order valence-electron chi connectivity index (χ0n) is 9.83. The lowest BCUT2D eigenvalue weighted by molar-refractivity contribution is 0.950. The molecule has 0 radical (unpaired) electrons. The van der Waals surface area contributed by atoms with Crippen LogP contribution < -0.4 is 0 Å². The van der Waals surface area contributed by atoms with Gasteiger partial charge in [-0.05, 0) is 30.3 Å². The van der Waals surface area contributed by atoms with Crippen LogP contribution in [0.4, 0.5) is 0 Å². The summed E-state index contributed by atoms with van der Waals surface area (Å²) in [5, 5.41) is 8.92. The van der Waals surface area contributed by atoms with E-state index in [4.69, 9.17) is 5.26 Å². The molecule has 4 nitrogen and oxygen atoms in total. The molecule has 1 aromatic carbocycles. The van der Waals surface area contributed by atoms with Crippen LogP contribution in [0.15, 0.2) is 42.6 Å². The van der Waals surface area contributed by atoms with E-state index in [1.54, 1.807) is 12.3 Å². The summed E-state index contributed by atoms with van der Waals surface area (Å²) in [5.74, 6) is 0.806. The minimum absolute atomic E-state index is 0.637. The van der Waals surface area contributed by atoms with Crippen LogP contribution in [0.25, 0.3) is 22.6 Å². The van der Waals surface area contributed by atoms with Crippen LogP contribution in [-0.4, -0.2) is 14.5 Å². The van der Waals surface area contributed by atoms with Crippen LogP contribution >= 0.6 is 0 Å². The number of aryl methyl sites for hydroxylation is 1. The number of imidazole rings is 1. The molecule has 18 heavy (non-hydrogen) atoms. The van der Waals surface area contributed by atoms with E-state index in [0.717, 1.165) is 22.6 Å². The summed E-state index contributed by atoms with van der Waals surface area (Å²) in [7, 11) is 1.93. The lowest BCUT2D eigenvalue weighted by Gasteiger charge is -2.00. The Morgan fingerprint density at radius 1 is 1.22 bits per heavy atom. The highest BCUT2D eigenvalue weighted by atomic mass is 15.1.